The van der Waals surface area contributed by atoms with E-state index in [9.17, 15) is 14.4 Å². The second kappa shape index (κ2) is 10.3. The van der Waals surface area contributed by atoms with E-state index in [1.165, 1.54) is 19.3 Å². The first kappa shape index (κ1) is 21.3. The van der Waals surface area contributed by atoms with Gasteiger partial charge in [0, 0.05) is 6.54 Å². The molecule has 1 atom stereocenters. The van der Waals surface area contributed by atoms with Crippen molar-refractivity contribution in [2.75, 3.05) is 13.2 Å². The summed E-state index contributed by atoms with van der Waals surface area (Å²) in [5.74, 6) is -0.696. The maximum Gasteiger partial charge on any atom is 0.410 e. The van der Waals surface area contributed by atoms with Crippen LogP contribution in [-0.4, -0.2) is 37.5 Å². The van der Waals surface area contributed by atoms with Crippen LogP contribution in [0, 0.1) is 11.3 Å². The van der Waals surface area contributed by atoms with Crippen LogP contribution in [0.25, 0.3) is 0 Å². The first-order valence-electron chi connectivity index (χ1n) is 9.03. The molecule has 1 N–H and O–H groups in total. The quantitative estimate of drug-likeness (QED) is 0.556. The van der Waals surface area contributed by atoms with E-state index in [0.29, 0.717) is 12.5 Å². The molecule has 0 aromatic rings. The summed E-state index contributed by atoms with van der Waals surface area (Å²) in [5, 5.41) is 2.70. The van der Waals surface area contributed by atoms with Gasteiger partial charge in [-0.25, -0.2) is 4.79 Å². The third-order valence-corrected chi connectivity index (χ3v) is 3.99. The lowest BCUT2D eigenvalue weighted by Gasteiger charge is -2.24. The molecule has 1 fully saturated rings. The Balaban J connectivity index is 2.53. The van der Waals surface area contributed by atoms with Crippen molar-refractivity contribution in [1.82, 2.24) is 5.32 Å². The largest absolute Gasteiger partial charge is 0.466 e. The monoisotopic (exact) mass is 357 g/mol. The predicted octanol–water partition coefficient (Wildman–Crippen LogP) is 3.16. The average Bonchev–Trinajstić information content (AvgIpc) is 2.53. The number of carbonyl (C=O) groups excluding carboxylic acids is 3. The van der Waals surface area contributed by atoms with Crippen molar-refractivity contribution < 1.29 is 28.6 Å². The topological polar surface area (TPSA) is 90.9 Å². The lowest BCUT2D eigenvalue weighted by Crippen LogP contribution is -2.37. The lowest BCUT2D eigenvalue weighted by atomic mass is 9.89. The second-order valence-corrected chi connectivity index (χ2v) is 7.38. The number of ether oxygens (including phenoxy) is 3. The van der Waals surface area contributed by atoms with Crippen LogP contribution in [0.4, 0.5) is 4.79 Å². The highest BCUT2D eigenvalue weighted by Crippen LogP contribution is 2.23. The number of esters is 2. The van der Waals surface area contributed by atoms with Gasteiger partial charge in [0.1, 0.15) is 6.42 Å². The Morgan fingerprint density at radius 2 is 1.72 bits per heavy atom. The molecule has 7 heteroatoms. The van der Waals surface area contributed by atoms with Crippen molar-refractivity contribution in [2.45, 2.75) is 72.5 Å². The van der Waals surface area contributed by atoms with Gasteiger partial charge in [-0.15, -0.1) is 0 Å². The number of amides is 1. The number of hydrogen-bond acceptors (Lipinski definition) is 6. The molecule has 25 heavy (non-hydrogen) atoms. The molecule has 0 aromatic carbocycles. The van der Waals surface area contributed by atoms with Gasteiger partial charge in [0.05, 0.1) is 12.0 Å². The predicted molar refractivity (Wildman–Crippen MR) is 91.6 cm³/mol. The van der Waals surface area contributed by atoms with E-state index in [2.05, 4.69) is 5.32 Å². The number of hydrogen-bond donors (Lipinski definition) is 1. The highest BCUT2D eigenvalue weighted by atomic mass is 16.7. The summed E-state index contributed by atoms with van der Waals surface area (Å²) in [4.78, 5) is 35.7. The van der Waals surface area contributed by atoms with Crippen molar-refractivity contribution in [3.05, 3.63) is 0 Å². The molecule has 1 rings (SSSR count). The minimum atomic E-state index is -1.29. The number of alkyl carbamates (subject to hydrolysis) is 1. The van der Waals surface area contributed by atoms with Gasteiger partial charge in [0.15, 0.2) is 0 Å². The van der Waals surface area contributed by atoms with Gasteiger partial charge < -0.3 is 19.5 Å². The molecule has 144 valence electrons. The molecule has 1 aliphatic rings. The average molecular weight is 357 g/mol. The van der Waals surface area contributed by atoms with Gasteiger partial charge in [-0.3, -0.25) is 9.59 Å². The third-order valence-electron chi connectivity index (χ3n) is 3.99. The van der Waals surface area contributed by atoms with Crippen molar-refractivity contribution in [3.63, 3.8) is 0 Å². The molecule has 7 nitrogen and oxygen atoms in total. The summed E-state index contributed by atoms with van der Waals surface area (Å²) >= 11 is 0. The minimum absolute atomic E-state index is 0.201. The maximum absolute atomic E-state index is 12.0. The van der Waals surface area contributed by atoms with E-state index in [-0.39, 0.29) is 13.0 Å². The molecule has 0 bridgehead atoms. The van der Waals surface area contributed by atoms with E-state index < -0.39 is 29.7 Å². The van der Waals surface area contributed by atoms with E-state index in [1.807, 2.05) is 0 Å². The highest BCUT2D eigenvalue weighted by Gasteiger charge is 2.30. The molecule has 1 saturated carbocycles. The van der Waals surface area contributed by atoms with E-state index in [1.54, 1.807) is 27.7 Å². The molecule has 0 aliphatic heterocycles. The molecule has 1 unspecified atom stereocenters. The van der Waals surface area contributed by atoms with Crippen molar-refractivity contribution in [2.24, 2.45) is 11.3 Å². The standard InChI is InChI=1S/C18H31NO6/c1-5-23-14(20)11-15(24-16(21)18(2,3)4)25-17(22)19-12-13-9-7-6-8-10-13/h13,15H,5-12H2,1-4H3,(H,19,22). The van der Waals surface area contributed by atoms with Crippen LogP contribution in [-0.2, 0) is 23.8 Å². The van der Waals surface area contributed by atoms with Crippen LogP contribution in [0.2, 0.25) is 0 Å². The summed E-state index contributed by atoms with van der Waals surface area (Å²) in [7, 11) is 0. The minimum Gasteiger partial charge on any atom is -0.466 e. The molecule has 1 amide bonds. The van der Waals surface area contributed by atoms with Crippen LogP contribution in [0.3, 0.4) is 0 Å². The third kappa shape index (κ3) is 8.74. The fraction of sp³-hybridized carbons (Fsp3) is 0.833. The maximum atomic E-state index is 12.0. The Bertz CT molecular complexity index is 451. The molecule has 1 aliphatic carbocycles. The van der Waals surface area contributed by atoms with Crippen molar-refractivity contribution in [3.8, 4) is 0 Å². The molecule has 0 saturated heterocycles. The Morgan fingerprint density at radius 1 is 1.08 bits per heavy atom. The van der Waals surface area contributed by atoms with Gasteiger partial charge in [-0.05, 0) is 46.5 Å². The van der Waals surface area contributed by atoms with E-state index >= 15 is 0 Å². The lowest BCUT2D eigenvalue weighted by molar-refractivity contribution is -0.182. The molecule has 0 spiro atoms. The van der Waals surface area contributed by atoms with Crippen LogP contribution in [0.5, 0.6) is 0 Å². The fourth-order valence-corrected chi connectivity index (χ4v) is 2.54. The van der Waals surface area contributed by atoms with Gasteiger partial charge in [-0.1, -0.05) is 19.3 Å². The smallest absolute Gasteiger partial charge is 0.410 e. The van der Waals surface area contributed by atoms with E-state index in [0.717, 1.165) is 12.8 Å². The summed E-state index contributed by atoms with van der Waals surface area (Å²) in [5.41, 5.74) is -0.769. The van der Waals surface area contributed by atoms with Crippen LogP contribution >= 0.6 is 0 Å². The first-order chi connectivity index (χ1) is 11.7. The van der Waals surface area contributed by atoms with E-state index in [4.69, 9.17) is 14.2 Å². The summed E-state index contributed by atoms with van der Waals surface area (Å²) in [6.07, 6.45) is 3.46. The SMILES string of the molecule is CCOC(=O)CC(OC(=O)NCC1CCCCC1)OC(=O)C(C)(C)C. The first-order valence-corrected chi connectivity index (χ1v) is 9.03. The molecule has 0 radical (unpaired) electrons. The summed E-state index contributed by atoms with van der Waals surface area (Å²) < 4.78 is 15.1. The van der Waals surface area contributed by atoms with Crippen molar-refractivity contribution >= 4 is 18.0 Å². The summed E-state index contributed by atoms with van der Waals surface area (Å²) in [6, 6.07) is 0. The zero-order valence-corrected chi connectivity index (χ0v) is 15.8. The number of nitrogens with one attached hydrogen (secondary N) is 1. The summed E-state index contributed by atoms with van der Waals surface area (Å²) in [6.45, 7) is 7.44. The van der Waals surface area contributed by atoms with Gasteiger partial charge in [0.2, 0.25) is 0 Å². The Hall–Kier alpha value is -1.79. The van der Waals surface area contributed by atoms with Gasteiger partial charge in [-0.2, -0.15) is 0 Å². The Labute approximate surface area is 149 Å². The Kier molecular flexibility index (Phi) is 8.72. The van der Waals surface area contributed by atoms with Crippen molar-refractivity contribution in [1.29, 1.82) is 0 Å². The molecular weight excluding hydrogens is 326 g/mol. The normalized spacial score (nSPS) is 16.6. The van der Waals surface area contributed by atoms with Crippen LogP contribution < -0.4 is 5.32 Å². The van der Waals surface area contributed by atoms with Crippen LogP contribution in [0.15, 0.2) is 0 Å². The second-order valence-electron chi connectivity index (χ2n) is 7.38. The number of rotatable bonds is 7. The zero-order chi connectivity index (χ0) is 18.9. The fourth-order valence-electron chi connectivity index (χ4n) is 2.54. The molecular formula is C18H31NO6. The molecule has 0 aromatic heterocycles. The van der Waals surface area contributed by atoms with Gasteiger partial charge in [0.25, 0.3) is 6.29 Å². The van der Waals surface area contributed by atoms with Gasteiger partial charge >= 0.3 is 18.0 Å². The molecule has 0 heterocycles. The highest BCUT2D eigenvalue weighted by molar-refractivity contribution is 5.77. The Morgan fingerprint density at radius 3 is 2.28 bits per heavy atom. The zero-order valence-electron chi connectivity index (χ0n) is 15.8. The number of carbonyl (C=O) groups is 3. The van der Waals surface area contributed by atoms with Crippen LogP contribution in [0.1, 0.15) is 66.2 Å².